The van der Waals surface area contributed by atoms with Crippen molar-refractivity contribution in [2.75, 3.05) is 6.54 Å². The maximum Gasteiger partial charge on any atom is 0.248 e. The molecule has 0 amide bonds. The lowest BCUT2D eigenvalue weighted by molar-refractivity contribution is -0.0395. The third-order valence-electron chi connectivity index (χ3n) is 4.27. The number of aromatic nitrogens is 1. The maximum atomic E-state index is 13.1. The summed E-state index contributed by atoms with van der Waals surface area (Å²) < 4.78 is 32.0. The third kappa shape index (κ3) is 3.78. The van der Waals surface area contributed by atoms with Crippen molar-refractivity contribution in [2.24, 2.45) is 0 Å². The number of aryl methyl sites for hydroxylation is 1. The van der Waals surface area contributed by atoms with Crippen LogP contribution in [0.5, 0.6) is 0 Å². The molecule has 3 rings (SSSR count). The summed E-state index contributed by atoms with van der Waals surface area (Å²) in [6.07, 6.45) is 7.12. The largest absolute Gasteiger partial charge is 0.445 e. The van der Waals surface area contributed by atoms with E-state index in [0.29, 0.717) is 12.8 Å². The summed E-state index contributed by atoms with van der Waals surface area (Å²) in [5.74, 6) is -0.811. The monoisotopic (exact) mass is 284 g/mol. The first-order valence-corrected chi connectivity index (χ1v) is 7.68. The topological polar surface area (TPSA) is 38.1 Å². The highest BCUT2D eigenvalue weighted by Crippen LogP contribution is 2.40. The van der Waals surface area contributed by atoms with Crippen LogP contribution in [0.3, 0.4) is 0 Å². The minimum absolute atomic E-state index is 0.0288. The van der Waals surface area contributed by atoms with Gasteiger partial charge in [-0.25, -0.2) is 13.8 Å². The van der Waals surface area contributed by atoms with E-state index in [0.717, 1.165) is 37.1 Å². The lowest BCUT2D eigenvalue weighted by Gasteiger charge is -2.26. The van der Waals surface area contributed by atoms with Gasteiger partial charge in [0, 0.05) is 31.2 Å². The van der Waals surface area contributed by atoms with Gasteiger partial charge in [-0.05, 0) is 38.6 Å². The number of nitrogens with zero attached hydrogens (tertiary/aromatic N) is 1. The Balaban J connectivity index is 1.44. The molecule has 1 aromatic rings. The van der Waals surface area contributed by atoms with E-state index >= 15 is 0 Å². The summed E-state index contributed by atoms with van der Waals surface area (Å²) in [4.78, 5) is 4.28. The predicted molar refractivity (Wildman–Crippen MR) is 72.0 cm³/mol. The minimum atomic E-state index is -2.48. The molecule has 0 spiro atoms. The lowest BCUT2D eigenvalue weighted by atomic mass is 9.85. The molecule has 1 aromatic heterocycles. The van der Waals surface area contributed by atoms with E-state index in [9.17, 15) is 8.78 Å². The second kappa shape index (κ2) is 5.80. The standard InChI is InChI=1S/C15H22F2N2O/c16-15(17)7-5-11(6-8-15)13-10-19-14(20-13)2-1-9-18-12-3-4-12/h10-12,18H,1-9H2. The molecule has 20 heavy (non-hydrogen) atoms. The minimum Gasteiger partial charge on any atom is -0.445 e. The Bertz CT molecular complexity index is 433. The van der Waals surface area contributed by atoms with E-state index in [2.05, 4.69) is 10.3 Å². The van der Waals surface area contributed by atoms with E-state index < -0.39 is 5.92 Å². The van der Waals surface area contributed by atoms with E-state index in [1.165, 1.54) is 12.8 Å². The zero-order valence-electron chi connectivity index (χ0n) is 11.7. The van der Waals surface area contributed by atoms with E-state index in [1.807, 2.05) is 0 Å². The number of alkyl halides is 2. The first-order chi connectivity index (χ1) is 9.62. The van der Waals surface area contributed by atoms with Gasteiger partial charge < -0.3 is 9.73 Å². The summed E-state index contributed by atoms with van der Waals surface area (Å²) in [7, 11) is 0. The fraction of sp³-hybridized carbons (Fsp3) is 0.800. The number of oxazole rings is 1. The molecule has 0 saturated heterocycles. The van der Waals surface area contributed by atoms with Gasteiger partial charge in [0.05, 0.1) is 6.20 Å². The van der Waals surface area contributed by atoms with Crippen molar-refractivity contribution in [1.29, 1.82) is 0 Å². The quantitative estimate of drug-likeness (QED) is 0.810. The van der Waals surface area contributed by atoms with Gasteiger partial charge in [0.15, 0.2) is 5.89 Å². The first-order valence-electron chi connectivity index (χ1n) is 7.68. The normalized spacial score (nSPS) is 23.1. The molecule has 0 radical (unpaired) electrons. The molecule has 2 aliphatic carbocycles. The zero-order chi connectivity index (χ0) is 14.0. The van der Waals surface area contributed by atoms with Gasteiger partial charge in [0.1, 0.15) is 5.76 Å². The Labute approximate surface area is 118 Å². The average molecular weight is 284 g/mol. The number of hydrogen-bond donors (Lipinski definition) is 1. The fourth-order valence-corrected chi connectivity index (χ4v) is 2.79. The van der Waals surface area contributed by atoms with Gasteiger partial charge in [-0.2, -0.15) is 0 Å². The fourth-order valence-electron chi connectivity index (χ4n) is 2.79. The van der Waals surface area contributed by atoms with Crippen molar-refractivity contribution >= 4 is 0 Å². The molecule has 112 valence electrons. The average Bonchev–Trinajstić information content (AvgIpc) is 3.12. The molecule has 3 nitrogen and oxygen atoms in total. The Morgan fingerprint density at radius 1 is 1.25 bits per heavy atom. The van der Waals surface area contributed by atoms with Crippen molar-refractivity contribution in [3.8, 4) is 0 Å². The zero-order valence-corrected chi connectivity index (χ0v) is 11.7. The van der Waals surface area contributed by atoms with Crippen LogP contribution in [0.4, 0.5) is 8.78 Å². The Morgan fingerprint density at radius 2 is 2.00 bits per heavy atom. The highest BCUT2D eigenvalue weighted by Gasteiger charge is 2.36. The molecule has 1 N–H and O–H groups in total. The van der Waals surface area contributed by atoms with E-state index in [-0.39, 0.29) is 18.8 Å². The van der Waals surface area contributed by atoms with Gasteiger partial charge in [-0.1, -0.05) is 0 Å². The highest BCUT2D eigenvalue weighted by molar-refractivity contribution is 5.04. The predicted octanol–water partition coefficient (Wildman–Crippen LogP) is 3.65. The van der Waals surface area contributed by atoms with Crippen molar-refractivity contribution in [1.82, 2.24) is 10.3 Å². The van der Waals surface area contributed by atoms with Crippen LogP contribution in [0.25, 0.3) is 0 Å². The highest BCUT2D eigenvalue weighted by atomic mass is 19.3. The van der Waals surface area contributed by atoms with Crippen LogP contribution in [0.15, 0.2) is 10.6 Å². The number of hydrogen-bond acceptors (Lipinski definition) is 3. The molecular formula is C15H22F2N2O. The van der Waals surface area contributed by atoms with Crippen LogP contribution in [0, 0.1) is 0 Å². The van der Waals surface area contributed by atoms with Gasteiger partial charge in [-0.3, -0.25) is 0 Å². The molecular weight excluding hydrogens is 262 g/mol. The first kappa shape index (κ1) is 14.0. The SMILES string of the molecule is FC1(F)CCC(c2cnc(CCCNC3CC3)o2)CC1. The second-order valence-corrected chi connectivity index (χ2v) is 6.12. The maximum absolute atomic E-state index is 13.1. The molecule has 0 aliphatic heterocycles. The third-order valence-corrected chi connectivity index (χ3v) is 4.27. The van der Waals surface area contributed by atoms with Crippen LogP contribution in [-0.4, -0.2) is 23.5 Å². The molecule has 2 saturated carbocycles. The lowest BCUT2D eigenvalue weighted by Crippen LogP contribution is -2.23. The Kier molecular flexibility index (Phi) is 4.06. The summed E-state index contributed by atoms with van der Waals surface area (Å²) in [5.41, 5.74) is 0. The molecule has 0 atom stereocenters. The summed E-state index contributed by atoms with van der Waals surface area (Å²) in [5, 5.41) is 3.45. The molecule has 1 heterocycles. The smallest absolute Gasteiger partial charge is 0.248 e. The molecule has 2 aliphatic rings. The summed E-state index contributed by atoms with van der Waals surface area (Å²) in [6.45, 7) is 0.998. The van der Waals surface area contributed by atoms with Crippen LogP contribution in [0.2, 0.25) is 0 Å². The van der Waals surface area contributed by atoms with Crippen molar-refractivity contribution in [3.05, 3.63) is 17.8 Å². The second-order valence-electron chi connectivity index (χ2n) is 6.12. The van der Waals surface area contributed by atoms with Gasteiger partial charge in [-0.15, -0.1) is 0 Å². The van der Waals surface area contributed by atoms with Crippen LogP contribution in [-0.2, 0) is 6.42 Å². The van der Waals surface area contributed by atoms with Crippen LogP contribution in [0.1, 0.15) is 62.5 Å². The number of nitrogens with one attached hydrogen (secondary N) is 1. The van der Waals surface area contributed by atoms with Gasteiger partial charge >= 0.3 is 0 Å². The van der Waals surface area contributed by atoms with Crippen molar-refractivity contribution in [2.45, 2.75) is 69.2 Å². The molecule has 0 bridgehead atoms. The molecule has 5 heteroatoms. The Morgan fingerprint density at radius 3 is 2.70 bits per heavy atom. The van der Waals surface area contributed by atoms with Gasteiger partial charge in [0.25, 0.3) is 0 Å². The molecule has 0 aromatic carbocycles. The Hall–Kier alpha value is -0.970. The van der Waals surface area contributed by atoms with E-state index in [4.69, 9.17) is 4.42 Å². The molecule has 2 fully saturated rings. The van der Waals surface area contributed by atoms with E-state index in [1.54, 1.807) is 6.20 Å². The summed E-state index contributed by atoms with van der Waals surface area (Å²) >= 11 is 0. The van der Waals surface area contributed by atoms with Crippen LogP contribution >= 0.6 is 0 Å². The number of rotatable bonds is 6. The summed E-state index contributed by atoms with van der Waals surface area (Å²) in [6, 6.07) is 0.735. The van der Waals surface area contributed by atoms with Crippen molar-refractivity contribution in [3.63, 3.8) is 0 Å². The molecule has 0 unspecified atom stereocenters. The van der Waals surface area contributed by atoms with Crippen molar-refractivity contribution < 1.29 is 13.2 Å². The van der Waals surface area contributed by atoms with Gasteiger partial charge in [0.2, 0.25) is 5.92 Å². The number of halogens is 2. The van der Waals surface area contributed by atoms with Crippen LogP contribution < -0.4 is 5.32 Å².